The first-order chi connectivity index (χ1) is 21.6. The summed E-state index contributed by atoms with van der Waals surface area (Å²) in [6.07, 6.45) is 8.52. The van der Waals surface area contributed by atoms with Gasteiger partial charge in [-0.05, 0) is 73.0 Å². The standard InChI is InChI=1S/C28H35F9NO6S3/c29-25(30,27(33,34)47(43,44)38(39)45(40)28(35,36)37)26(31,32)46(41,42)24-22(19-12-6-2-7-13-19)16-21(18-10-4-1-5-11-18)17-23(24)20-14-8-3-9-15-20/h16-20H,1-15H2/q+1. The lowest BCUT2D eigenvalue weighted by atomic mass is 9.76. The van der Waals surface area contributed by atoms with Crippen LogP contribution in [0.15, 0.2) is 17.0 Å². The molecule has 0 N–H and O–H groups in total. The van der Waals surface area contributed by atoms with Crippen molar-refractivity contribution < 1.29 is 64.1 Å². The maximum atomic E-state index is 15.8. The number of benzene rings is 1. The lowest BCUT2D eigenvalue weighted by Gasteiger charge is -2.35. The van der Waals surface area contributed by atoms with Crippen molar-refractivity contribution in [2.75, 3.05) is 0 Å². The third kappa shape index (κ3) is 6.74. The van der Waals surface area contributed by atoms with Crippen molar-refractivity contribution in [3.05, 3.63) is 33.7 Å². The minimum atomic E-state index is -8.06. The second-order valence-electron chi connectivity index (χ2n) is 12.5. The van der Waals surface area contributed by atoms with Gasteiger partial charge in [-0.1, -0.05) is 69.9 Å². The Morgan fingerprint density at radius 1 is 0.596 bits per heavy atom. The molecule has 1 aromatic carbocycles. The molecule has 1 unspecified atom stereocenters. The molecular formula is C28H35F9NO6S3+. The van der Waals surface area contributed by atoms with Crippen LogP contribution >= 0.6 is 0 Å². The molecule has 3 saturated carbocycles. The van der Waals surface area contributed by atoms with Gasteiger partial charge in [-0.3, -0.25) is 0 Å². The quantitative estimate of drug-likeness (QED) is 0.175. The van der Waals surface area contributed by atoms with Crippen LogP contribution in [0.3, 0.4) is 0 Å². The Morgan fingerprint density at radius 3 is 1.32 bits per heavy atom. The Morgan fingerprint density at radius 2 is 0.957 bits per heavy atom. The van der Waals surface area contributed by atoms with Gasteiger partial charge in [0.05, 0.1) is 9.80 Å². The van der Waals surface area contributed by atoms with Crippen molar-refractivity contribution in [2.45, 2.75) is 141 Å². The lowest BCUT2D eigenvalue weighted by Crippen LogP contribution is -2.62. The molecule has 1 aromatic rings. The summed E-state index contributed by atoms with van der Waals surface area (Å²) >= 11 is 0. The molecule has 4 rings (SSSR count). The van der Waals surface area contributed by atoms with Crippen LogP contribution in [0.2, 0.25) is 0 Å². The molecule has 0 saturated heterocycles. The van der Waals surface area contributed by atoms with E-state index in [1.165, 1.54) is 12.1 Å². The first kappa shape index (κ1) is 38.0. The van der Waals surface area contributed by atoms with E-state index in [9.17, 15) is 47.9 Å². The maximum absolute atomic E-state index is 15.8. The van der Waals surface area contributed by atoms with E-state index < -0.39 is 73.1 Å². The Bertz CT molecular complexity index is 1540. The zero-order chi connectivity index (χ0) is 35.2. The van der Waals surface area contributed by atoms with Gasteiger partial charge in [0.25, 0.3) is 9.84 Å². The highest BCUT2D eigenvalue weighted by atomic mass is 32.3. The molecule has 3 fully saturated rings. The van der Waals surface area contributed by atoms with Crippen molar-refractivity contribution in [3.8, 4) is 0 Å². The van der Waals surface area contributed by atoms with Crippen molar-refractivity contribution in [1.29, 1.82) is 0 Å². The summed E-state index contributed by atoms with van der Waals surface area (Å²) in [4.78, 5) is 10.2. The van der Waals surface area contributed by atoms with Gasteiger partial charge in [0.2, 0.25) is 3.57 Å². The molecule has 3 aliphatic carbocycles. The number of hydrogen-bond acceptors (Lipinski definition) is 6. The molecule has 0 bridgehead atoms. The summed E-state index contributed by atoms with van der Waals surface area (Å²) in [5.74, 6) is -9.12. The zero-order valence-electron chi connectivity index (χ0n) is 25.0. The van der Waals surface area contributed by atoms with E-state index in [1.807, 2.05) is 0 Å². The number of nitroso groups, excluding NO2 is 1. The van der Waals surface area contributed by atoms with E-state index >= 15 is 17.6 Å². The van der Waals surface area contributed by atoms with Gasteiger partial charge in [0, 0.05) is 0 Å². The third-order valence-electron chi connectivity index (χ3n) is 9.53. The highest BCUT2D eigenvalue weighted by Gasteiger charge is 2.87. The second kappa shape index (κ2) is 13.5. The van der Waals surface area contributed by atoms with Gasteiger partial charge < -0.3 is 0 Å². The van der Waals surface area contributed by atoms with Crippen LogP contribution in [0.5, 0.6) is 0 Å². The molecule has 0 radical (unpaired) electrons. The van der Waals surface area contributed by atoms with Crippen molar-refractivity contribution >= 4 is 30.8 Å². The maximum Gasteiger partial charge on any atom is 0.540 e. The van der Waals surface area contributed by atoms with Gasteiger partial charge >= 0.3 is 42.9 Å². The summed E-state index contributed by atoms with van der Waals surface area (Å²) in [6, 6.07) is 2.69. The zero-order valence-corrected chi connectivity index (χ0v) is 27.5. The Labute approximate surface area is 269 Å². The highest BCUT2D eigenvalue weighted by molar-refractivity contribution is 7.95. The summed E-state index contributed by atoms with van der Waals surface area (Å²) in [5.41, 5.74) is -6.31. The van der Waals surface area contributed by atoms with E-state index in [0.29, 0.717) is 56.9 Å². The van der Waals surface area contributed by atoms with Gasteiger partial charge in [0.15, 0.2) is 0 Å². The second-order valence-corrected chi connectivity index (χ2v) is 17.8. The Kier molecular flexibility index (Phi) is 10.9. The number of halogens is 9. The molecule has 0 aromatic heterocycles. The molecule has 1 atom stereocenters. The van der Waals surface area contributed by atoms with Crippen LogP contribution in [0.1, 0.15) is 131 Å². The highest BCUT2D eigenvalue weighted by Crippen LogP contribution is 2.56. The van der Waals surface area contributed by atoms with Gasteiger partial charge in [-0.15, -0.1) is 0 Å². The molecule has 0 spiro atoms. The third-order valence-corrected chi connectivity index (χ3v) is 14.4. The van der Waals surface area contributed by atoms with Crippen molar-refractivity contribution in [2.24, 2.45) is 0 Å². The number of hydrogen-bond donors (Lipinski definition) is 0. The average Bonchev–Trinajstić information content (AvgIpc) is 3.03. The predicted octanol–water partition coefficient (Wildman–Crippen LogP) is 8.72. The van der Waals surface area contributed by atoms with Crippen LogP contribution < -0.4 is 0 Å². The fourth-order valence-corrected chi connectivity index (χ4v) is 10.9. The molecule has 0 amide bonds. The molecule has 0 heterocycles. The number of rotatable bonds is 10. The summed E-state index contributed by atoms with van der Waals surface area (Å²) in [6.45, 7) is 0. The van der Waals surface area contributed by atoms with Crippen molar-refractivity contribution in [3.63, 3.8) is 0 Å². The van der Waals surface area contributed by atoms with Gasteiger partial charge in [-0.25, -0.2) is 8.42 Å². The average molecular weight is 749 g/mol. The Balaban J connectivity index is 1.96. The predicted molar refractivity (Wildman–Crippen MR) is 153 cm³/mol. The van der Waals surface area contributed by atoms with Crippen LogP contribution in [0.25, 0.3) is 0 Å². The minimum absolute atomic E-state index is 0.112. The molecular weight excluding hydrogens is 713 g/mol. The minimum Gasteiger partial charge on any atom is -0.217 e. The van der Waals surface area contributed by atoms with Crippen LogP contribution in [-0.2, 0) is 30.8 Å². The molecule has 7 nitrogen and oxygen atoms in total. The van der Waals surface area contributed by atoms with E-state index in [2.05, 4.69) is 0 Å². The van der Waals surface area contributed by atoms with Crippen LogP contribution in [0, 0.1) is 4.91 Å². The molecule has 0 aliphatic heterocycles. The smallest absolute Gasteiger partial charge is 0.217 e. The topological polar surface area (TPSA) is 105 Å². The molecule has 47 heavy (non-hydrogen) atoms. The SMILES string of the molecule is O=[N+](S(=O)C(F)(F)F)S(=O)(=O)C(F)(F)C(F)(F)C(F)(F)S(=O)(=O)c1c(C2CCCCC2)cc(C2CCCCC2)cc1C1CCCCC1. The largest absolute Gasteiger partial charge is 0.540 e. The first-order valence-electron chi connectivity index (χ1n) is 15.4. The van der Waals surface area contributed by atoms with Gasteiger partial charge in [-0.2, -0.15) is 52.1 Å². The molecule has 3 aliphatic rings. The monoisotopic (exact) mass is 748 g/mol. The fraction of sp³-hybridized carbons (Fsp3) is 0.786. The number of sulfone groups is 1. The fourth-order valence-electron chi connectivity index (χ4n) is 7.01. The van der Waals surface area contributed by atoms with E-state index in [0.717, 1.165) is 19.3 Å². The Hall–Kier alpha value is -1.76. The van der Waals surface area contributed by atoms with Crippen LogP contribution in [-0.4, -0.2) is 46.6 Å². The summed E-state index contributed by atoms with van der Waals surface area (Å²) in [7, 11) is -20.5. The van der Waals surface area contributed by atoms with E-state index in [4.69, 9.17) is 0 Å². The number of alkyl halides is 9. The normalized spacial score (nSPS) is 21.5. The molecule has 19 heteroatoms. The van der Waals surface area contributed by atoms with Crippen LogP contribution in [0.4, 0.5) is 39.5 Å². The number of nitrogens with zero attached hydrogens (tertiary/aromatic N) is 1. The number of sulfonamides is 1. The lowest BCUT2D eigenvalue weighted by molar-refractivity contribution is -0.279. The summed E-state index contributed by atoms with van der Waals surface area (Å²) in [5, 5.41) is -14.4. The summed E-state index contributed by atoms with van der Waals surface area (Å²) < 4.78 is 190. The van der Waals surface area contributed by atoms with Crippen molar-refractivity contribution in [1.82, 2.24) is 0 Å². The first-order valence-corrected chi connectivity index (χ1v) is 19.4. The van der Waals surface area contributed by atoms with E-state index in [-0.39, 0.29) is 42.7 Å². The molecule has 268 valence electrons. The van der Waals surface area contributed by atoms with E-state index in [1.54, 1.807) is 0 Å². The van der Waals surface area contributed by atoms with Gasteiger partial charge in [0.1, 0.15) is 0 Å².